The van der Waals surface area contributed by atoms with E-state index in [1.807, 2.05) is 30.7 Å². The minimum Gasteiger partial charge on any atom is -0.483 e. The number of carbonyl (C=O) groups excluding carboxylic acids is 1. The molecule has 0 saturated carbocycles. The van der Waals surface area contributed by atoms with Gasteiger partial charge in [-0.1, -0.05) is 26.0 Å². The summed E-state index contributed by atoms with van der Waals surface area (Å²) in [7, 11) is 0. The Morgan fingerprint density at radius 1 is 1.22 bits per heavy atom. The van der Waals surface area contributed by atoms with Gasteiger partial charge in [-0.05, 0) is 47.6 Å². The van der Waals surface area contributed by atoms with E-state index < -0.39 is 24.3 Å². The van der Waals surface area contributed by atoms with Crippen LogP contribution in [0.15, 0.2) is 41.1 Å². The highest BCUT2D eigenvalue weighted by Crippen LogP contribution is 2.35. The first-order valence-electron chi connectivity index (χ1n) is 8.68. The van der Waals surface area contributed by atoms with Crippen LogP contribution in [0.1, 0.15) is 31.0 Å². The molecule has 2 rings (SSSR count). The van der Waals surface area contributed by atoms with E-state index in [0.717, 1.165) is 24.7 Å². The van der Waals surface area contributed by atoms with Crippen LogP contribution in [0.3, 0.4) is 0 Å². The molecule has 1 amide bonds. The number of thiophene rings is 1. The molecule has 2 aromatic rings. The first-order valence-corrected chi connectivity index (χ1v) is 9.63. The molecule has 148 valence electrons. The molecule has 0 radical (unpaired) electrons. The summed E-state index contributed by atoms with van der Waals surface area (Å²) in [5.41, 5.74) is 0.212. The van der Waals surface area contributed by atoms with Gasteiger partial charge in [0.2, 0.25) is 0 Å². The maximum absolute atomic E-state index is 13.0. The van der Waals surface area contributed by atoms with E-state index in [0.29, 0.717) is 6.54 Å². The lowest BCUT2D eigenvalue weighted by molar-refractivity contribution is -0.139. The quantitative estimate of drug-likeness (QED) is 0.681. The summed E-state index contributed by atoms with van der Waals surface area (Å²) in [5, 5.41) is 6.78. The summed E-state index contributed by atoms with van der Waals surface area (Å²) in [4.78, 5) is 14.3. The van der Waals surface area contributed by atoms with Crippen molar-refractivity contribution in [3.63, 3.8) is 0 Å². The summed E-state index contributed by atoms with van der Waals surface area (Å²) in [6, 6.07) is 6.88. The second-order valence-electron chi connectivity index (χ2n) is 5.88. The third kappa shape index (κ3) is 5.97. The number of para-hydroxylation sites is 1. The molecule has 1 atom stereocenters. The third-order valence-corrected chi connectivity index (χ3v) is 4.93. The van der Waals surface area contributed by atoms with Gasteiger partial charge in [0.05, 0.1) is 11.6 Å². The van der Waals surface area contributed by atoms with Gasteiger partial charge in [0.25, 0.3) is 5.91 Å². The Kier molecular flexibility index (Phi) is 7.67. The first kappa shape index (κ1) is 21.2. The molecule has 1 aromatic carbocycles. The number of likely N-dealkylation sites (N-methyl/N-ethyl adjacent to an activating group) is 1. The number of nitrogens with zero attached hydrogens (tertiary/aromatic N) is 1. The molecular weight excluding hydrogens is 377 g/mol. The van der Waals surface area contributed by atoms with Crippen LogP contribution in [0.2, 0.25) is 0 Å². The molecule has 1 unspecified atom stereocenters. The fourth-order valence-corrected chi connectivity index (χ4v) is 3.53. The lowest BCUT2D eigenvalue weighted by Crippen LogP contribution is -2.39. The SMILES string of the molecule is CCN(CC)C(CNC(=O)COc1ccccc1C(F)(F)F)c1ccsc1. The highest BCUT2D eigenvalue weighted by Gasteiger charge is 2.34. The molecule has 27 heavy (non-hydrogen) atoms. The van der Waals surface area contributed by atoms with Gasteiger partial charge in [-0.25, -0.2) is 0 Å². The summed E-state index contributed by atoms with van der Waals surface area (Å²) in [6.45, 7) is 5.62. The van der Waals surface area contributed by atoms with Gasteiger partial charge in [0.15, 0.2) is 6.61 Å². The third-order valence-electron chi connectivity index (χ3n) is 4.22. The molecule has 0 bridgehead atoms. The number of hydrogen-bond donors (Lipinski definition) is 1. The van der Waals surface area contributed by atoms with Crippen LogP contribution in [0, 0.1) is 0 Å². The summed E-state index contributed by atoms with van der Waals surface area (Å²) >= 11 is 1.58. The molecule has 0 aliphatic rings. The van der Waals surface area contributed by atoms with Crippen LogP contribution in [0.5, 0.6) is 5.75 Å². The lowest BCUT2D eigenvalue weighted by Gasteiger charge is -2.29. The number of amides is 1. The number of hydrogen-bond acceptors (Lipinski definition) is 4. The monoisotopic (exact) mass is 400 g/mol. The summed E-state index contributed by atoms with van der Waals surface area (Å²) in [5.74, 6) is -0.808. The second kappa shape index (κ2) is 9.75. The van der Waals surface area contributed by atoms with Crippen molar-refractivity contribution in [1.29, 1.82) is 0 Å². The average Bonchev–Trinajstić information content (AvgIpc) is 3.17. The highest BCUT2D eigenvalue weighted by atomic mass is 32.1. The maximum atomic E-state index is 13.0. The van der Waals surface area contributed by atoms with E-state index >= 15 is 0 Å². The maximum Gasteiger partial charge on any atom is 0.419 e. The van der Waals surface area contributed by atoms with E-state index in [4.69, 9.17) is 4.74 Å². The van der Waals surface area contributed by atoms with Crippen molar-refractivity contribution in [2.45, 2.75) is 26.1 Å². The van der Waals surface area contributed by atoms with Crippen LogP contribution in [-0.2, 0) is 11.0 Å². The van der Waals surface area contributed by atoms with Gasteiger partial charge in [-0.2, -0.15) is 24.5 Å². The van der Waals surface area contributed by atoms with Crippen molar-refractivity contribution in [3.05, 3.63) is 52.2 Å². The molecule has 1 heterocycles. The normalized spacial score (nSPS) is 12.8. The smallest absolute Gasteiger partial charge is 0.419 e. The van der Waals surface area contributed by atoms with Gasteiger partial charge in [-0.3, -0.25) is 9.69 Å². The van der Waals surface area contributed by atoms with Gasteiger partial charge in [0, 0.05) is 6.54 Å². The predicted octanol–water partition coefficient (Wildman–Crippen LogP) is 4.35. The molecule has 1 N–H and O–H groups in total. The van der Waals surface area contributed by atoms with Crippen LogP contribution in [0.4, 0.5) is 13.2 Å². The summed E-state index contributed by atoms with van der Waals surface area (Å²) < 4.78 is 44.0. The number of rotatable bonds is 9. The number of ether oxygens (including phenoxy) is 1. The minimum absolute atomic E-state index is 0.0117. The highest BCUT2D eigenvalue weighted by molar-refractivity contribution is 7.07. The zero-order valence-electron chi connectivity index (χ0n) is 15.3. The molecule has 8 heteroatoms. The van der Waals surface area contributed by atoms with E-state index in [2.05, 4.69) is 10.2 Å². The van der Waals surface area contributed by atoms with Crippen molar-refractivity contribution < 1.29 is 22.7 Å². The molecule has 1 aromatic heterocycles. The largest absolute Gasteiger partial charge is 0.483 e. The van der Waals surface area contributed by atoms with E-state index in [-0.39, 0.29) is 11.8 Å². The van der Waals surface area contributed by atoms with Gasteiger partial charge >= 0.3 is 6.18 Å². The van der Waals surface area contributed by atoms with Crippen molar-refractivity contribution in [1.82, 2.24) is 10.2 Å². The van der Waals surface area contributed by atoms with Crippen LogP contribution in [0.25, 0.3) is 0 Å². The Morgan fingerprint density at radius 2 is 1.93 bits per heavy atom. The standard InChI is InChI=1S/C19H23F3N2O2S/c1-3-24(4-2)16(14-9-10-27-13-14)11-23-18(25)12-26-17-8-6-5-7-15(17)19(20,21)22/h5-10,13,16H,3-4,11-12H2,1-2H3,(H,23,25). The Bertz CT molecular complexity index is 716. The zero-order chi connectivity index (χ0) is 19.9. The molecule has 0 aliphatic heterocycles. The molecule has 0 fully saturated rings. The second-order valence-corrected chi connectivity index (χ2v) is 6.66. The van der Waals surface area contributed by atoms with Crippen LogP contribution in [-0.4, -0.2) is 37.0 Å². The Morgan fingerprint density at radius 3 is 2.52 bits per heavy atom. The van der Waals surface area contributed by atoms with Crippen molar-refractivity contribution in [2.75, 3.05) is 26.2 Å². The predicted molar refractivity (Wildman–Crippen MR) is 99.9 cm³/mol. The first-order chi connectivity index (χ1) is 12.9. The lowest BCUT2D eigenvalue weighted by atomic mass is 10.1. The van der Waals surface area contributed by atoms with Crippen LogP contribution >= 0.6 is 11.3 Å². The van der Waals surface area contributed by atoms with E-state index in [1.165, 1.54) is 18.2 Å². The fraction of sp³-hybridized carbons (Fsp3) is 0.421. The van der Waals surface area contributed by atoms with Crippen molar-refractivity contribution in [3.8, 4) is 5.75 Å². The Hall–Kier alpha value is -2.06. The fourth-order valence-electron chi connectivity index (χ4n) is 2.82. The van der Waals surface area contributed by atoms with Gasteiger partial charge < -0.3 is 10.1 Å². The number of nitrogens with one attached hydrogen (secondary N) is 1. The van der Waals surface area contributed by atoms with Gasteiger partial charge in [-0.15, -0.1) is 0 Å². The molecule has 4 nitrogen and oxygen atoms in total. The molecule has 0 aliphatic carbocycles. The van der Waals surface area contributed by atoms with E-state index in [1.54, 1.807) is 11.3 Å². The average molecular weight is 400 g/mol. The van der Waals surface area contributed by atoms with E-state index in [9.17, 15) is 18.0 Å². The number of halogens is 3. The molecule has 0 spiro atoms. The molecular formula is C19H23F3N2O2S. The minimum atomic E-state index is -4.53. The van der Waals surface area contributed by atoms with Crippen molar-refractivity contribution in [2.24, 2.45) is 0 Å². The number of alkyl halides is 3. The molecule has 0 saturated heterocycles. The van der Waals surface area contributed by atoms with Crippen LogP contribution < -0.4 is 10.1 Å². The van der Waals surface area contributed by atoms with Crippen molar-refractivity contribution >= 4 is 17.2 Å². The number of carbonyl (C=O) groups is 1. The van der Waals surface area contributed by atoms with Gasteiger partial charge in [0.1, 0.15) is 5.75 Å². The number of benzene rings is 1. The zero-order valence-corrected chi connectivity index (χ0v) is 16.1. The topological polar surface area (TPSA) is 41.6 Å². The Labute approximate surface area is 160 Å². The summed E-state index contributed by atoms with van der Waals surface area (Å²) in [6.07, 6.45) is -4.53. The Balaban J connectivity index is 1.96.